The Kier molecular flexibility index (Phi) is 8.04. The first-order valence-corrected chi connectivity index (χ1v) is 14.7. The van der Waals surface area contributed by atoms with E-state index in [1.807, 2.05) is 54.1 Å². The summed E-state index contributed by atoms with van der Waals surface area (Å²) in [4.78, 5) is 28.8. The van der Waals surface area contributed by atoms with Crippen molar-refractivity contribution in [3.63, 3.8) is 0 Å². The molecule has 2 bridgehead atoms. The molecule has 5 rings (SSSR count). The van der Waals surface area contributed by atoms with Crippen LogP contribution in [0.3, 0.4) is 0 Å². The number of amides is 1. The maximum absolute atomic E-state index is 12.8. The zero-order valence-corrected chi connectivity index (χ0v) is 23.3. The molecule has 38 heavy (non-hydrogen) atoms. The third-order valence-corrected chi connectivity index (χ3v) is 8.12. The number of thioether (sulfide) groups is 1. The number of carbonyl (C=O) groups excluding carboxylic acids is 1. The smallest absolute Gasteiger partial charge is 0.251 e. The van der Waals surface area contributed by atoms with Gasteiger partial charge in [-0.25, -0.2) is 0 Å². The summed E-state index contributed by atoms with van der Waals surface area (Å²) in [6.07, 6.45) is 3.99. The van der Waals surface area contributed by atoms with Crippen molar-refractivity contribution in [1.29, 1.82) is 0 Å². The van der Waals surface area contributed by atoms with Gasteiger partial charge >= 0.3 is 0 Å². The Morgan fingerprint density at radius 3 is 2.71 bits per heavy atom. The molecule has 2 aliphatic rings. The molecule has 0 saturated carbocycles. The topological polar surface area (TPSA) is 78.4 Å². The summed E-state index contributed by atoms with van der Waals surface area (Å²) in [5.74, 6) is 0.550. The van der Waals surface area contributed by atoms with Crippen LogP contribution in [-0.4, -0.2) is 41.5 Å². The van der Waals surface area contributed by atoms with Gasteiger partial charge in [-0.15, -0.1) is 11.8 Å². The summed E-state index contributed by atoms with van der Waals surface area (Å²) >= 11 is 7.37. The van der Waals surface area contributed by atoms with Gasteiger partial charge in [0.15, 0.2) is 5.11 Å². The predicted molar refractivity (Wildman–Crippen MR) is 161 cm³/mol. The van der Waals surface area contributed by atoms with E-state index in [1.165, 1.54) is 0 Å². The van der Waals surface area contributed by atoms with Crippen LogP contribution in [0.4, 0.5) is 17.1 Å². The van der Waals surface area contributed by atoms with Gasteiger partial charge in [-0.1, -0.05) is 19.1 Å². The number of fused-ring (bicyclic) bond motifs is 4. The van der Waals surface area contributed by atoms with Crippen LogP contribution in [0.15, 0.2) is 70.4 Å². The van der Waals surface area contributed by atoms with E-state index < -0.39 is 0 Å². The maximum atomic E-state index is 12.8. The molecule has 198 valence electrons. The monoisotopic (exact) mass is 547 g/mol. The third-order valence-electron chi connectivity index (χ3n) is 7.19. The maximum Gasteiger partial charge on any atom is 0.251 e. The average molecular weight is 548 g/mol. The van der Waals surface area contributed by atoms with E-state index in [0.29, 0.717) is 23.1 Å². The van der Waals surface area contributed by atoms with E-state index in [1.54, 1.807) is 17.8 Å². The summed E-state index contributed by atoms with van der Waals surface area (Å²) in [5.41, 5.74) is 4.47. The summed E-state index contributed by atoms with van der Waals surface area (Å²) in [6, 6.07) is 19.5. The molecular weight excluding hydrogens is 514 g/mol. The van der Waals surface area contributed by atoms with Gasteiger partial charge in [0.05, 0.1) is 11.4 Å². The summed E-state index contributed by atoms with van der Waals surface area (Å²) < 4.78 is 1.94. The highest BCUT2D eigenvalue weighted by Crippen LogP contribution is 2.39. The molecule has 0 aliphatic carbocycles. The zero-order valence-electron chi connectivity index (χ0n) is 21.7. The van der Waals surface area contributed by atoms with E-state index in [-0.39, 0.29) is 17.4 Å². The molecule has 2 aromatic carbocycles. The van der Waals surface area contributed by atoms with Gasteiger partial charge in [-0.3, -0.25) is 9.59 Å². The molecule has 0 radical (unpaired) electrons. The first-order valence-electron chi connectivity index (χ1n) is 13.0. The van der Waals surface area contributed by atoms with Crippen molar-refractivity contribution < 1.29 is 4.79 Å². The van der Waals surface area contributed by atoms with Crippen molar-refractivity contribution in [3.8, 4) is 0 Å². The zero-order chi connectivity index (χ0) is 26.6. The number of benzene rings is 2. The summed E-state index contributed by atoms with van der Waals surface area (Å²) in [6.45, 7) is 5.03. The second kappa shape index (κ2) is 11.6. The van der Waals surface area contributed by atoms with Crippen molar-refractivity contribution in [2.24, 2.45) is 5.92 Å². The van der Waals surface area contributed by atoms with Gasteiger partial charge in [0, 0.05) is 60.0 Å². The number of nitrogens with one attached hydrogen (secondary N) is 3. The van der Waals surface area contributed by atoms with Crippen molar-refractivity contribution >= 4 is 52.1 Å². The number of anilines is 3. The number of piperidine rings is 1. The van der Waals surface area contributed by atoms with E-state index in [4.69, 9.17) is 12.2 Å². The second-order valence-electron chi connectivity index (χ2n) is 9.90. The predicted octanol–water partition coefficient (Wildman–Crippen LogP) is 5.14. The van der Waals surface area contributed by atoms with E-state index in [9.17, 15) is 9.59 Å². The molecule has 1 saturated heterocycles. The van der Waals surface area contributed by atoms with Crippen molar-refractivity contribution in [2.75, 3.05) is 41.4 Å². The molecule has 3 aromatic rings. The first-order chi connectivity index (χ1) is 18.4. The molecule has 0 unspecified atom stereocenters. The minimum Gasteiger partial charge on any atom is -0.369 e. The second-order valence-corrected chi connectivity index (χ2v) is 11.2. The van der Waals surface area contributed by atoms with Gasteiger partial charge in [0.1, 0.15) is 0 Å². The van der Waals surface area contributed by atoms with Gasteiger partial charge in [0.25, 0.3) is 11.5 Å². The summed E-state index contributed by atoms with van der Waals surface area (Å²) in [7, 11) is 0. The number of aromatic nitrogens is 1. The number of pyridine rings is 1. The molecular formula is C29H33N5O2S2. The average Bonchev–Trinajstić information content (AvgIpc) is 2.92. The fraction of sp³-hybridized carbons (Fsp3) is 0.345. The van der Waals surface area contributed by atoms with E-state index >= 15 is 0 Å². The van der Waals surface area contributed by atoms with Gasteiger partial charge in [0.2, 0.25) is 0 Å². The van der Waals surface area contributed by atoms with Crippen LogP contribution in [-0.2, 0) is 6.54 Å². The van der Waals surface area contributed by atoms with Gasteiger partial charge in [-0.05, 0) is 79.7 Å². The highest BCUT2D eigenvalue weighted by molar-refractivity contribution is 7.98. The minimum atomic E-state index is -0.100. The van der Waals surface area contributed by atoms with Gasteiger partial charge < -0.3 is 25.4 Å². The third kappa shape index (κ3) is 5.73. The van der Waals surface area contributed by atoms with Crippen LogP contribution in [0.5, 0.6) is 0 Å². The minimum absolute atomic E-state index is 0.0809. The Labute approximate surface area is 233 Å². The lowest BCUT2D eigenvalue weighted by atomic mass is 9.83. The molecule has 2 atom stereocenters. The van der Waals surface area contributed by atoms with Crippen LogP contribution in [0.2, 0.25) is 0 Å². The number of rotatable bonds is 7. The SMILES string of the molecule is CCCNC(=O)c1ccc(N2C[C@H]3C[C@@H](C2)c2cccc(=O)n2C3)c(NC(=S)Nc2cccc(SC)c2)c1. The highest BCUT2D eigenvalue weighted by Gasteiger charge is 2.35. The number of thiocarbonyl (C=S) groups is 1. The fourth-order valence-corrected chi connectivity index (χ4v) is 6.16. The molecule has 0 spiro atoms. The lowest BCUT2D eigenvalue weighted by Crippen LogP contribution is -2.47. The quantitative estimate of drug-likeness (QED) is 0.279. The number of hydrogen-bond donors (Lipinski definition) is 3. The van der Waals surface area contributed by atoms with Crippen molar-refractivity contribution in [2.45, 2.75) is 37.1 Å². The molecule has 2 aliphatic heterocycles. The lowest BCUT2D eigenvalue weighted by molar-refractivity contribution is 0.0953. The van der Waals surface area contributed by atoms with E-state index in [0.717, 1.165) is 60.1 Å². The normalized spacial score (nSPS) is 17.9. The number of nitrogens with zero attached hydrogens (tertiary/aromatic N) is 2. The molecule has 1 aromatic heterocycles. The standard InChI is InChI=1S/C29H33N5O2S2/c1-3-12-30-28(36)20-10-11-26(24(14-20)32-29(37)31-22-6-4-7-23(15-22)38-2)33-16-19-13-21(18-33)25-8-5-9-27(35)34(25)17-19/h4-11,14-15,19,21H,3,12-13,16-18H2,1-2H3,(H,30,36)(H2,31,32,37)/t19-,21+/m1/s1. The summed E-state index contributed by atoms with van der Waals surface area (Å²) in [5, 5.41) is 10.1. The van der Waals surface area contributed by atoms with E-state index in [2.05, 4.69) is 39.0 Å². The largest absolute Gasteiger partial charge is 0.369 e. The Morgan fingerprint density at radius 1 is 1.05 bits per heavy atom. The van der Waals surface area contributed by atoms with Crippen LogP contribution >= 0.6 is 24.0 Å². The molecule has 7 nitrogen and oxygen atoms in total. The van der Waals surface area contributed by atoms with Crippen molar-refractivity contribution in [1.82, 2.24) is 9.88 Å². The lowest BCUT2D eigenvalue weighted by Gasteiger charge is -2.44. The first kappa shape index (κ1) is 26.3. The highest BCUT2D eigenvalue weighted by atomic mass is 32.2. The Balaban J connectivity index is 1.43. The van der Waals surface area contributed by atoms with Gasteiger partial charge in [-0.2, -0.15) is 0 Å². The Hall–Kier alpha value is -3.30. The number of hydrogen-bond acceptors (Lipinski definition) is 5. The van der Waals surface area contributed by atoms with Crippen molar-refractivity contribution in [3.05, 3.63) is 82.3 Å². The molecule has 1 amide bonds. The van der Waals surface area contributed by atoms with Crippen LogP contribution < -0.4 is 26.4 Å². The molecule has 1 fully saturated rings. The number of carbonyl (C=O) groups is 1. The Bertz CT molecular complexity index is 1410. The Morgan fingerprint density at radius 2 is 1.89 bits per heavy atom. The fourth-order valence-electron chi connectivity index (χ4n) is 5.47. The molecule has 9 heteroatoms. The van der Waals surface area contributed by atoms with Crippen LogP contribution in [0, 0.1) is 5.92 Å². The van der Waals surface area contributed by atoms with Crippen LogP contribution in [0.1, 0.15) is 41.7 Å². The molecule has 3 N–H and O–H groups in total. The molecule has 3 heterocycles. The van der Waals surface area contributed by atoms with Crippen LogP contribution in [0.25, 0.3) is 0 Å².